The third kappa shape index (κ3) is 3.54. The van der Waals surface area contributed by atoms with E-state index in [-0.39, 0.29) is 42.5 Å². The molecule has 0 aliphatic carbocycles. The Morgan fingerprint density at radius 3 is 2.42 bits per heavy atom. The first-order valence-electron chi connectivity index (χ1n) is 7.77. The molecule has 2 aromatic rings. The largest absolute Gasteiger partial charge is 0.495 e. The molecule has 1 aliphatic heterocycles. The van der Waals surface area contributed by atoms with Crippen LogP contribution in [-0.4, -0.2) is 43.1 Å². The maximum atomic E-state index is 12.8. The Hall–Kier alpha value is -2.14. The van der Waals surface area contributed by atoms with E-state index in [4.69, 9.17) is 9.15 Å². The van der Waals surface area contributed by atoms with Crippen molar-refractivity contribution in [1.29, 1.82) is 0 Å². The number of methoxy groups -OCH3 is 1. The van der Waals surface area contributed by atoms with Crippen LogP contribution in [0.3, 0.4) is 0 Å². The molecule has 1 aromatic heterocycles. The molecule has 1 aromatic carbocycles. The number of sulfonamides is 1. The molecule has 0 unspecified atom stereocenters. The molecule has 0 N–H and O–H groups in total. The van der Waals surface area contributed by atoms with E-state index in [2.05, 4.69) is 10.2 Å². The minimum atomic E-state index is -4.70. The van der Waals surface area contributed by atoms with E-state index in [0.717, 1.165) is 0 Å². The van der Waals surface area contributed by atoms with Crippen LogP contribution in [0.4, 0.5) is 13.2 Å². The predicted octanol–water partition coefficient (Wildman–Crippen LogP) is 2.67. The van der Waals surface area contributed by atoms with Crippen LogP contribution >= 0.6 is 0 Å². The molecule has 142 valence electrons. The Kier molecular flexibility index (Phi) is 4.93. The zero-order valence-electron chi connectivity index (χ0n) is 13.7. The van der Waals surface area contributed by atoms with Crippen LogP contribution in [-0.2, 0) is 16.2 Å². The number of hydrogen-bond donors (Lipinski definition) is 0. The molecule has 1 fully saturated rings. The third-order valence-electron chi connectivity index (χ3n) is 4.17. The average molecular weight is 391 g/mol. The highest BCUT2D eigenvalue weighted by Gasteiger charge is 2.40. The predicted molar refractivity (Wildman–Crippen MR) is 83.0 cm³/mol. The first-order valence-corrected chi connectivity index (χ1v) is 9.21. The number of para-hydroxylation sites is 1. The van der Waals surface area contributed by atoms with Crippen molar-refractivity contribution in [1.82, 2.24) is 14.5 Å². The Morgan fingerprint density at radius 1 is 1.19 bits per heavy atom. The van der Waals surface area contributed by atoms with Crippen LogP contribution in [0.1, 0.15) is 30.5 Å². The summed E-state index contributed by atoms with van der Waals surface area (Å²) in [6, 6.07) is 6.27. The van der Waals surface area contributed by atoms with Gasteiger partial charge in [-0.15, -0.1) is 10.2 Å². The monoisotopic (exact) mass is 391 g/mol. The van der Waals surface area contributed by atoms with E-state index in [9.17, 15) is 21.6 Å². The van der Waals surface area contributed by atoms with Gasteiger partial charge in [-0.1, -0.05) is 12.1 Å². The van der Waals surface area contributed by atoms with Gasteiger partial charge in [-0.05, 0) is 25.0 Å². The Balaban J connectivity index is 1.73. The van der Waals surface area contributed by atoms with E-state index >= 15 is 0 Å². The fourth-order valence-electron chi connectivity index (χ4n) is 2.83. The summed E-state index contributed by atoms with van der Waals surface area (Å²) in [6.07, 6.45) is -4.12. The fraction of sp³-hybridized carbons (Fsp3) is 0.467. The smallest absolute Gasteiger partial charge is 0.470 e. The van der Waals surface area contributed by atoms with Crippen LogP contribution in [0.15, 0.2) is 33.6 Å². The zero-order chi connectivity index (χ0) is 18.9. The number of ether oxygens (including phenoxy) is 1. The maximum absolute atomic E-state index is 12.8. The van der Waals surface area contributed by atoms with E-state index in [0.29, 0.717) is 0 Å². The van der Waals surface area contributed by atoms with Crippen LogP contribution in [0.25, 0.3) is 0 Å². The van der Waals surface area contributed by atoms with Crippen molar-refractivity contribution in [2.24, 2.45) is 0 Å². The second-order valence-corrected chi connectivity index (χ2v) is 7.68. The first kappa shape index (κ1) is 18.6. The van der Waals surface area contributed by atoms with Crippen LogP contribution < -0.4 is 4.74 Å². The molecule has 0 atom stereocenters. The van der Waals surface area contributed by atoms with Crippen molar-refractivity contribution in [2.75, 3.05) is 20.2 Å². The summed E-state index contributed by atoms with van der Waals surface area (Å²) in [5.74, 6) is -1.69. The zero-order valence-corrected chi connectivity index (χ0v) is 14.5. The number of alkyl halides is 3. The molecule has 1 aliphatic rings. The summed E-state index contributed by atoms with van der Waals surface area (Å²) in [6.45, 7) is 0.267. The summed E-state index contributed by atoms with van der Waals surface area (Å²) in [5.41, 5.74) is 0. The number of piperidine rings is 1. The van der Waals surface area contributed by atoms with Crippen LogP contribution in [0.5, 0.6) is 5.75 Å². The number of rotatable bonds is 4. The lowest BCUT2D eigenvalue weighted by Gasteiger charge is -2.30. The average Bonchev–Trinajstić information content (AvgIpc) is 3.12. The first-order chi connectivity index (χ1) is 12.2. The van der Waals surface area contributed by atoms with Gasteiger partial charge in [0.1, 0.15) is 10.6 Å². The van der Waals surface area contributed by atoms with Gasteiger partial charge in [0.25, 0.3) is 0 Å². The minimum absolute atomic E-state index is 0.0538. The highest BCUT2D eigenvalue weighted by molar-refractivity contribution is 7.89. The maximum Gasteiger partial charge on any atom is 0.470 e. The van der Waals surface area contributed by atoms with Crippen molar-refractivity contribution >= 4 is 10.0 Å². The van der Waals surface area contributed by atoms with Gasteiger partial charge in [-0.25, -0.2) is 8.42 Å². The van der Waals surface area contributed by atoms with Gasteiger partial charge in [0.2, 0.25) is 15.9 Å². The molecule has 1 saturated heterocycles. The van der Waals surface area contributed by atoms with E-state index in [1.165, 1.54) is 17.5 Å². The molecular formula is C15H16F3N3O4S. The molecule has 0 amide bonds. The summed E-state index contributed by atoms with van der Waals surface area (Å²) < 4.78 is 74.3. The molecule has 7 nitrogen and oxygen atoms in total. The Morgan fingerprint density at radius 2 is 1.85 bits per heavy atom. The summed E-state index contributed by atoms with van der Waals surface area (Å²) in [4.78, 5) is 0.0538. The standard InChI is InChI=1S/C15H16F3N3O4S/c1-24-11-4-2-3-5-12(11)26(22,23)21-8-6-10(7-9-21)13-19-20-14(25-13)15(16,17)18/h2-5,10H,6-9H2,1H3. The normalized spacial score (nSPS) is 17.4. The lowest BCUT2D eigenvalue weighted by Crippen LogP contribution is -2.38. The Bertz CT molecular complexity index is 874. The number of hydrogen-bond acceptors (Lipinski definition) is 6. The fourth-order valence-corrected chi connectivity index (χ4v) is 4.45. The highest BCUT2D eigenvalue weighted by atomic mass is 32.2. The molecule has 26 heavy (non-hydrogen) atoms. The number of nitrogens with zero attached hydrogens (tertiary/aromatic N) is 3. The van der Waals surface area contributed by atoms with Crippen LogP contribution in [0.2, 0.25) is 0 Å². The van der Waals surface area contributed by atoms with E-state index in [1.807, 2.05) is 0 Å². The summed E-state index contributed by atoms with van der Waals surface area (Å²) in [5, 5.41) is 6.47. The van der Waals surface area contributed by atoms with Crippen molar-refractivity contribution in [3.63, 3.8) is 0 Å². The lowest BCUT2D eigenvalue weighted by atomic mass is 9.98. The van der Waals surface area contributed by atoms with Gasteiger partial charge in [-0.2, -0.15) is 17.5 Å². The molecular weight excluding hydrogens is 375 g/mol. The molecule has 11 heteroatoms. The topological polar surface area (TPSA) is 85.5 Å². The molecule has 0 radical (unpaired) electrons. The molecule has 0 spiro atoms. The van der Waals surface area contributed by atoms with Crippen molar-refractivity contribution in [2.45, 2.75) is 29.8 Å². The van der Waals surface area contributed by atoms with Gasteiger partial charge < -0.3 is 9.15 Å². The lowest BCUT2D eigenvalue weighted by molar-refractivity contribution is -0.157. The number of halogens is 3. The van der Waals surface area contributed by atoms with E-state index in [1.54, 1.807) is 18.2 Å². The molecule has 2 heterocycles. The van der Waals surface area contributed by atoms with Gasteiger partial charge in [0.15, 0.2) is 0 Å². The third-order valence-corrected chi connectivity index (χ3v) is 6.11. The second-order valence-electron chi connectivity index (χ2n) is 5.77. The van der Waals surface area contributed by atoms with Crippen molar-refractivity contribution in [3.05, 3.63) is 36.0 Å². The number of aromatic nitrogens is 2. The summed E-state index contributed by atoms with van der Waals surface area (Å²) >= 11 is 0. The van der Waals surface area contributed by atoms with Gasteiger partial charge in [0.05, 0.1) is 7.11 Å². The molecule has 0 saturated carbocycles. The highest BCUT2D eigenvalue weighted by Crippen LogP contribution is 2.34. The van der Waals surface area contributed by atoms with Gasteiger partial charge >= 0.3 is 12.1 Å². The second kappa shape index (κ2) is 6.88. The SMILES string of the molecule is COc1ccccc1S(=O)(=O)N1CCC(c2nnc(C(F)(F)F)o2)CC1. The molecule has 3 rings (SSSR count). The minimum Gasteiger partial charge on any atom is -0.495 e. The van der Waals surface area contributed by atoms with Crippen molar-refractivity contribution < 1.29 is 30.7 Å². The van der Waals surface area contributed by atoms with Crippen LogP contribution in [0, 0.1) is 0 Å². The van der Waals surface area contributed by atoms with Gasteiger partial charge in [-0.3, -0.25) is 0 Å². The van der Waals surface area contributed by atoms with Gasteiger partial charge in [0, 0.05) is 19.0 Å². The number of benzene rings is 1. The van der Waals surface area contributed by atoms with Crippen molar-refractivity contribution in [3.8, 4) is 5.75 Å². The van der Waals surface area contributed by atoms with E-state index < -0.39 is 28.0 Å². The molecule has 0 bridgehead atoms. The Labute approximate surface area is 147 Å². The quantitative estimate of drug-likeness (QED) is 0.797. The summed E-state index contributed by atoms with van der Waals surface area (Å²) in [7, 11) is -2.38.